The molecule has 0 bridgehead atoms. The number of nitrogens with one attached hydrogen (secondary N) is 1. The van der Waals surface area contributed by atoms with Gasteiger partial charge < -0.3 is 9.73 Å². The topological polar surface area (TPSA) is 59.3 Å². The first-order valence-corrected chi connectivity index (χ1v) is 7.16. The van der Waals surface area contributed by atoms with Crippen LogP contribution in [0.4, 0.5) is 0 Å². The van der Waals surface area contributed by atoms with Crippen LogP contribution in [0.15, 0.2) is 52.0 Å². The fraction of sp³-hybridized carbons (Fsp3) is 0.200. The molecule has 0 aliphatic heterocycles. The van der Waals surface area contributed by atoms with E-state index in [4.69, 9.17) is 4.42 Å². The molecule has 0 aliphatic carbocycles. The standard InChI is InChI=1S/C15H15NO3S/c1-11(17)12-4-6-14(7-5-12)20-10-15(18)16-9-13-3-2-8-19-13/h2-8H,9-10H2,1H3,(H,16,18). The van der Waals surface area contributed by atoms with E-state index in [2.05, 4.69) is 5.32 Å². The average molecular weight is 289 g/mol. The molecule has 0 fully saturated rings. The Bertz CT molecular complexity index is 576. The summed E-state index contributed by atoms with van der Waals surface area (Å²) >= 11 is 1.43. The van der Waals surface area contributed by atoms with E-state index in [1.807, 2.05) is 18.2 Å². The second-order valence-corrected chi connectivity index (χ2v) is 5.27. The van der Waals surface area contributed by atoms with Crippen molar-refractivity contribution in [3.63, 3.8) is 0 Å². The Kier molecular flexibility index (Phi) is 5.01. The van der Waals surface area contributed by atoms with Crippen LogP contribution in [0, 0.1) is 0 Å². The highest BCUT2D eigenvalue weighted by Crippen LogP contribution is 2.18. The van der Waals surface area contributed by atoms with Gasteiger partial charge in [0.15, 0.2) is 5.78 Å². The summed E-state index contributed by atoms with van der Waals surface area (Å²) in [6, 6.07) is 10.8. The molecule has 0 saturated heterocycles. The molecule has 2 aromatic rings. The number of hydrogen-bond donors (Lipinski definition) is 1. The second-order valence-electron chi connectivity index (χ2n) is 4.23. The summed E-state index contributed by atoms with van der Waals surface area (Å²) in [4.78, 5) is 23.8. The fourth-order valence-electron chi connectivity index (χ4n) is 1.58. The number of thioether (sulfide) groups is 1. The number of rotatable bonds is 6. The van der Waals surface area contributed by atoms with Gasteiger partial charge in [0.25, 0.3) is 0 Å². The van der Waals surface area contributed by atoms with E-state index in [0.717, 1.165) is 10.7 Å². The second kappa shape index (κ2) is 6.96. The van der Waals surface area contributed by atoms with Gasteiger partial charge in [-0.1, -0.05) is 12.1 Å². The van der Waals surface area contributed by atoms with E-state index in [-0.39, 0.29) is 11.7 Å². The number of benzene rings is 1. The van der Waals surface area contributed by atoms with Crippen molar-refractivity contribution in [2.75, 3.05) is 5.75 Å². The summed E-state index contributed by atoms with van der Waals surface area (Å²) in [5, 5.41) is 2.78. The summed E-state index contributed by atoms with van der Waals surface area (Å²) in [6.07, 6.45) is 1.58. The monoisotopic (exact) mass is 289 g/mol. The van der Waals surface area contributed by atoms with Crippen LogP contribution in [-0.2, 0) is 11.3 Å². The lowest BCUT2D eigenvalue weighted by Crippen LogP contribution is -2.24. The molecule has 1 amide bonds. The summed E-state index contributed by atoms with van der Waals surface area (Å²) in [5.74, 6) is 1.05. The van der Waals surface area contributed by atoms with Crippen molar-refractivity contribution in [3.8, 4) is 0 Å². The minimum absolute atomic E-state index is 0.0396. The van der Waals surface area contributed by atoms with E-state index in [0.29, 0.717) is 17.9 Å². The molecule has 0 radical (unpaired) electrons. The first kappa shape index (κ1) is 14.4. The first-order chi connectivity index (χ1) is 9.65. The molecule has 1 aromatic carbocycles. The van der Waals surface area contributed by atoms with Gasteiger partial charge in [-0.3, -0.25) is 9.59 Å². The minimum Gasteiger partial charge on any atom is -0.467 e. The molecule has 0 unspecified atom stereocenters. The smallest absolute Gasteiger partial charge is 0.230 e. The lowest BCUT2D eigenvalue weighted by atomic mass is 10.2. The van der Waals surface area contributed by atoms with Gasteiger partial charge in [-0.15, -0.1) is 11.8 Å². The molecule has 0 atom stereocenters. The zero-order chi connectivity index (χ0) is 14.4. The van der Waals surface area contributed by atoms with Crippen LogP contribution in [0.5, 0.6) is 0 Å². The number of carbonyl (C=O) groups excluding carboxylic acids is 2. The third-order valence-corrected chi connectivity index (χ3v) is 3.68. The molecule has 1 heterocycles. The van der Waals surface area contributed by atoms with E-state index in [1.54, 1.807) is 24.5 Å². The molecule has 1 N–H and O–H groups in total. The Morgan fingerprint density at radius 1 is 1.20 bits per heavy atom. The Balaban J connectivity index is 1.76. The van der Waals surface area contributed by atoms with Gasteiger partial charge in [-0.25, -0.2) is 0 Å². The van der Waals surface area contributed by atoms with Crippen molar-refractivity contribution < 1.29 is 14.0 Å². The molecule has 2 rings (SSSR count). The predicted molar refractivity (Wildman–Crippen MR) is 77.7 cm³/mol. The lowest BCUT2D eigenvalue weighted by Gasteiger charge is -2.04. The number of hydrogen-bond acceptors (Lipinski definition) is 4. The van der Waals surface area contributed by atoms with Crippen molar-refractivity contribution in [2.45, 2.75) is 18.4 Å². The third kappa shape index (κ3) is 4.28. The zero-order valence-corrected chi connectivity index (χ0v) is 11.9. The number of ketones is 1. The number of amides is 1. The summed E-state index contributed by atoms with van der Waals surface area (Å²) in [6.45, 7) is 1.93. The summed E-state index contributed by atoms with van der Waals surface area (Å²) < 4.78 is 5.13. The highest BCUT2D eigenvalue weighted by molar-refractivity contribution is 8.00. The Labute approximate surface area is 121 Å². The minimum atomic E-state index is -0.0537. The van der Waals surface area contributed by atoms with Crippen molar-refractivity contribution in [2.24, 2.45) is 0 Å². The van der Waals surface area contributed by atoms with Gasteiger partial charge in [-0.05, 0) is 31.2 Å². The quantitative estimate of drug-likeness (QED) is 0.656. The number of Topliss-reactive ketones (excluding diaryl/α,β-unsaturated/α-hetero) is 1. The molecule has 104 valence electrons. The van der Waals surface area contributed by atoms with Gasteiger partial charge in [-0.2, -0.15) is 0 Å². The largest absolute Gasteiger partial charge is 0.467 e. The van der Waals surface area contributed by atoms with Gasteiger partial charge in [0.2, 0.25) is 5.91 Å². The van der Waals surface area contributed by atoms with E-state index >= 15 is 0 Å². The van der Waals surface area contributed by atoms with Gasteiger partial charge in [0, 0.05) is 10.5 Å². The van der Waals surface area contributed by atoms with Crippen LogP contribution in [0.3, 0.4) is 0 Å². The van der Waals surface area contributed by atoms with Crippen LogP contribution in [0.1, 0.15) is 23.0 Å². The summed E-state index contributed by atoms with van der Waals surface area (Å²) in [7, 11) is 0. The number of furan rings is 1. The van der Waals surface area contributed by atoms with E-state index in [1.165, 1.54) is 18.7 Å². The average Bonchev–Trinajstić information content (AvgIpc) is 2.96. The molecule has 0 aliphatic rings. The van der Waals surface area contributed by atoms with Crippen LogP contribution >= 0.6 is 11.8 Å². The van der Waals surface area contributed by atoms with Gasteiger partial charge in [0.05, 0.1) is 18.6 Å². The highest BCUT2D eigenvalue weighted by atomic mass is 32.2. The maximum atomic E-state index is 11.7. The highest BCUT2D eigenvalue weighted by Gasteiger charge is 2.05. The lowest BCUT2D eigenvalue weighted by molar-refractivity contribution is -0.118. The van der Waals surface area contributed by atoms with Gasteiger partial charge in [0.1, 0.15) is 5.76 Å². The Morgan fingerprint density at radius 2 is 1.95 bits per heavy atom. The molecule has 5 heteroatoms. The molecular formula is C15H15NO3S. The van der Waals surface area contributed by atoms with Crippen LogP contribution in [0.2, 0.25) is 0 Å². The first-order valence-electron chi connectivity index (χ1n) is 6.18. The normalized spacial score (nSPS) is 10.2. The summed E-state index contributed by atoms with van der Waals surface area (Å²) in [5.41, 5.74) is 0.677. The number of carbonyl (C=O) groups is 2. The Morgan fingerprint density at radius 3 is 2.55 bits per heavy atom. The van der Waals surface area contributed by atoms with E-state index in [9.17, 15) is 9.59 Å². The van der Waals surface area contributed by atoms with Crippen molar-refractivity contribution >= 4 is 23.5 Å². The molecule has 4 nitrogen and oxygen atoms in total. The van der Waals surface area contributed by atoms with Crippen LogP contribution < -0.4 is 5.32 Å². The maximum absolute atomic E-state index is 11.7. The SMILES string of the molecule is CC(=O)c1ccc(SCC(=O)NCc2ccco2)cc1. The molecular weight excluding hydrogens is 274 g/mol. The van der Waals surface area contributed by atoms with Crippen LogP contribution in [0.25, 0.3) is 0 Å². The Hall–Kier alpha value is -2.01. The van der Waals surface area contributed by atoms with Gasteiger partial charge >= 0.3 is 0 Å². The zero-order valence-electron chi connectivity index (χ0n) is 11.1. The molecule has 0 saturated carbocycles. The molecule has 20 heavy (non-hydrogen) atoms. The van der Waals surface area contributed by atoms with Crippen molar-refractivity contribution in [1.82, 2.24) is 5.32 Å². The van der Waals surface area contributed by atoms with Crippen molar-refractivity contribution in [3.05, 3.63) is 54.0 Å². The van der Waals surface area contributed by atoms with Crippen molar-refractivity contribution in [1.29, 1.82) is 0 Å². The fourth-order valence-corrected chi connectivity index (χ4v) is 2.31. The van der Waals surface area contributed by atoms with Crippen LogP contribution in [-0.4, -0.2) is 17.4 Å². The molecule has 1 aromatic heterocycles. The molecule has 0 spiro atoms. The van der Waals surface area contributed by atoms with E-state index < -0.39 is 0 Å². The third-order valence-electron chi connectivity index (χ3n) is 2.67. The maximum Gasteiger partial charge on any atom is 0.230 e. The predicted octanol–water partition coefficient (Wildman–Crippen LogP) is 2.89.